The van der Waals surface area contributed by atoms with Crippen LogP contribution in [0.5, 0.6) is 0 Å². The molecule has 0 amide bonds. The molecule has 0 spiro atoms. The number of para-hydroxylation sites is 1. The van der Waals surface area contributed by atoms with Gasteiger partial charge in [-0.25, -0.2) is 4.98 Å². The molecule has 0 radical (unpaired) electrons. The van der Waals surface area contributed by atoms with Gasteiger partial charge in [-0.3, -0.25) is 19.1 Å². The Kier molecular flexibility index (Phi) is 4.44. The van der Waals surface area contributed by atoms with Crippen LogP contribution in [0.3, 0.4) is 0 Å². The zero-order chi connectivity index (χ0) is 20.5. The van der Waals surface area contributed by atoms with E-state index in [2.05, 4.69) is 4.98 Å². The van der Waals surface area contributed by atoms with Gasteiger partial charge in [-0.2, -0.15) is 0 Å². The second-order valence-electron chi connectivity index (χ2n) is 7.11. The first-order chi connectivity index (χ1) is 14.7. The smallest absolute Gasteiger partial charge is 0.255 e. The van der Waals surface area contributed by atoms with Crippen molar-refractivity contribution in [3.05, 3.63) is 107 Å². The van der Waals surface area contributed by atoms with E-state index in [9.17, 15) is 9.59 Å². The largest absolute Gasteiger partial charge is 0.304 e. The SMILES string of the molecule is O=C(CN1c2ccccc2Cn2c1nc(-c1ccncc1)cc2=O)c1ccccc1. The van der Waals surface area contributed by atoms with E-state index in [1.807, 2.05) is 59.5 Å². The third kappa shape index (κ3) is 3.18. The molecule has 6 nitrogen and oxygen atoms in total. The molecule has 0 atom stereocenters. The molecule has 1 aliphatic rings. The average Bonchev–Trinajstić information content (AvgIpc) is 2.80. The third-order valence-electron chi connectivity index (χ3n) is 5.21. The van der Waals surface area contributed by atoms with E-state index in [4.69, 9.17) is 4.98 Å². The Bertz CT molecular complexity index is 1280. The minimum Gasteiger partial charge on any atom is -0.304 e. The number of Topliss-reactive ketones (excluding diaryl/α,β-unsaturated/α-hetero) is 1. The Morgan fingerprint density at radius 2 is 1.67 bits per heavy atom. The van der Waals surface area contributed by atoms with Crippen LogP contribution in [0.2, 0.25) is 0 Å². The third-order valence-corrected chi connectivity index (χ3v) is 5.21. The van der Waals surface area contributed by atoms with E-state index >= 15 is 0 Å². The van der Waals surface area contributed by atoms with Crippen molar-refractivity contribution in [2.75, 3.05) is 11.4 Å². The molecule has 5 rings (SSSR count). The summed E-state index contributed by atoms with van der Waals surface area (Å²) < 4.78 is 1.62. The highest BCUT2D eigenvalue weighted by Crippen LogP contribution is 2.33. The molecule has 1 aliphatic heterocycles. The minimum absolute atomic E-state index is 0.0394. The van der Waals surface area contributed by atoms with Gasteiger partial charge >= 0.3 is 0 Å². The Morgan fingerprint density at radius 3 is 2.47 bits per heavy atom. The van der Waals surface area contributed by atoms with Crippen molar-refractivity contribution in [3.63, 3.8) is 0 Å². The van der Waals surface area contributed by atoms with E-state index in [1.165, 1.54) is 6.07 Å². The molecular formula is C24H18N4O2. The van der Waals surface area contributed by atoms with Crippen molar-refractivity contribution in [1.82, 2.24) is 14.5 Å². The fraction of sp³-hybridized carbons (Fsp3) is 0.0833. The summed E-state index contributed by atoms with van der Waals surface area (Å²) >= 11 is 0. The van der Waals surface area contributed by atoms with Crippen molar-refractivity contribution >= 4 is 17.4 Å². The first kappa shape index (κ1) is 18.0. The van der Waals surface area contributed by atoms with Gasteiger partial charge in [0, 0.05) is 35.3 Å². The summed E-state index contributed by atoms with van der Waals surface area (Å²) in [5, 5.41) is 0. The van der Waals surface area contributed by atoms with Crippen LogP contribution >= 0.6 is 0 Å². The van der Waals surface area contributed by atoms with Gasteiger partial charge in [0.2, 0.25) is 5.95 Å². The highest BCUT2D eigenvalue weighted by atomic mass is 16.1. The zero-order valence-corrected chi connectivity index (χ0v) is 16.1. The van der Waals surface area contributed by atoms with Crippen molar-refractivity contribution in [1.29, 1.82) is 0 Å². The highest BCUT2D eigenvalue weighted by Gasteiger charge is 2.27. The summed E-state index contributed by atoms with van der Waals surface area (Å²) in [5.41, 5.74) is 3.70. The average molecular weight is 394 g/mol. The molecule has 0 unspecified atom stereocenters. The number of nitrogens with zero attached hydrogens (tertiary/aromatic N) is 4. The van der Waals surface area contributed by atoms with E-state index in [0.717, 1.165) is 16.8 Å². The molecule has 2 aromatic carbocycles. The second-order valence-corrected chi connectivity index (χ2v) is 7.11. The van der Waals surface area contributed by atoms with Gasteiger partial charge < -0.3 is 4.90 Å². The van der Waals surface area contributed by atoms with Crippen LogP contribution < -0.4 is 10.5 Å². The quantitative estimate of drug-likeness (QED) is 0.494. The van der Waals surface area contributed by atoms with E-state index in [-0.39, 0.29) is 17.9 Å². The molecule has 6 heteroatoms. The summed E-state index contributed by atoms with van der Waals surface area (Å²) in [6.45, 7) is 0.511. The number of carbonyl (C=O) groups excluding carboxylic acids is 1. The normalized spacial score (nSPS) is 12.2. The lowest BCUT2D eigenvalue weighted by molar-refractivity contribution is 0.100. The lowest BCUT2D eigenvalue weighted by Gasteiger charge is -2.32. The number of hydrogen-bond donors (Lipinski definition) is 0. The molecule has 4 aromatic rings. The lowest BCUT2D eigenvalue weighted by atomic mass is 10.1. The first-order valence-electron chi connectivity index (χ1n) is 9.67. The fourth-order valence-corrected chi connectivity index (χ4v) is 3.72. The number of rotatable bonds is 4. The summed E-state index contributed by atoms with van der Waals surface area (Å²) in [5.74, 6) is 0.430. The molecule has 0 bridgehead atoms. The van der Waals surface area contributed by atoms with Crippen molar-refractivity contribution < 1.29 is 4.79 Å². The maximum atomic E-state index is 13.0. The van der Waals surface area contributed by atoms with Gasteiger partial charge in [0.25, 0.3) is 5.56 Å². The predicted molar refractivity (Wildman–Crippen MR) is 115 cm³/mol. The van der Waals surface area contributed by atoms with Crippen molar-refractivity contribution in [3.8, 4) is 11.3 Å². The number of pyridine rings is 1. The Labute approximate surface area is 173 Å². The summed E-state index contributed by atoms with van der Waals surface area (Å²) in [4.78, 5) is 36.6. The molecule has 0 saturated heterocycles. The molecule has 0 N–H and O–H groups in total. The van der Waals surface area contributed by atoms with Gasteiger partial charge in [-0.15, -0.1) is 0 Å². The van der Waals surface area contributed by atoms with Crippen LogP contribution in [-0.4, -0.2) is 26.9 Å². The second kappa shape index (κ2) is 7.40. The Balaban J connectivity index is 1.64. The van der Waals surface area contributed by atoms with Crippen LogP contribution in [0.25, 0.3) is 11.3 Å². The van der Waals surface area contributed by atoms with Crippen molar-refractivity contribution in [2.24, 2.45) is 0 Å². The molecule has 2 aromatic heterocycles. The van der Waals surface area contributed by atoms with Crippen LogP contribution in [0, 0.1) is 0 Å². The molecule has 30 heavy (non-hydrogen) atoms. The van der Waals surface area contributed by atoms with Crippen LogP contribution in [-0.2, 0) is 6.54 Å². The first-order valence-corrected chi connectivity index (χ1v) is 9.67. The molecule has 146 valence electrons. The highest BCUT2D eigenvalue weighted by molar-refractivity contribution is 6.00. The molecular weight excluding hydrogens is 376 g/mol. The number of aromatic nitrogens is 3. The predicted octanol–water partition coefficient (Wildman–Crippen LogP) is 3.69. The fourth-order valence-electron chi connectivity index (χ4n) is 3.72. The summed E-state index contributed by atoms with van der Waals surface area (Å²) in [7, 11) is 0. The van der Waals surface area contributed by atoms with E-state index in [0.29, 0.717) is 23.8 Å². The van der Waals surface area contributed by atoms with Crippen LogP contribution in [0.1, 0.15) is 15.9 Å². The summed E-state index contributed by atoms with van der Waals surface area (Å²) in [6.07, 6.45) is 3.33. The van der Waals surface area contributed by atoms with Crippen LogP contribution in [0.4, 0.5) is 11.6 Å². The monoisotopic (exact) mass is 394 g/mol. The molecule has 0 fully saturated rings. The number of fused-ring (bicyclic) bond motifs is 2. The lowest BCUT2D eigenvalue weighted by Crippen LogP contribution is -2.37. The number of hydrogen-bond acceptors (Lipinski definition) is 5. The van der Waals surface area contributed by atoms with E-state index < -0.39 is 0 Å². The van der Waals surface area contributed by atoms with Crippen LogP contribution in [0.15, 0.2) is 90.0 Å². The Hall–Kier alpha value is -4.06. The van der Waals surface area contributed by atoms with Crippen molar-refractivity contribution in [2.45, 2.75) is 6.54 Å². The topological polar surface area (TPSA) is 68.1 Å². The van der Waals surface area contributed by atoms with E-state index in [1.54, 1.807) is 29.1 Å². The van der Waals surface area contributed by atoms with Gasteiger partial charge in [-0.05, 0) is 23.8 Å². The number of benzene rings is 2. The standard InChI is InChI=1S/C24H18N4O2/c29-22(18-6-2-1-3-7-18)16-27-21-9-5-4-8-19(21)15-28-23(30)14-20(26-24(27)28)17-10-12-25-13-11-17/h1-14H,15-16H2. The van der Waals surface area contributed by atoms with Gasteiger partial charge in [0.05, 0.1) is 18.8 Å². The molecule has 3 heterocycles. The maximum Gasteiger partial charge on any atom is 0.255 e. The number of carbonyl (C=O) groups is 1. The van der Waals surface area contributed by atoms with Gasteiger partial charge in [-0.1, -0.05) is 48.5 Å². The zero-order valence-electron chi connectivity index (χ0n) is 16.1. The number of anilines is 2. The number of ketones is 1. The maximum absolute atomic E-state index is 13.0. The molecule has 0 aliphatic carbocycles. The molecule has 0 saturated carbocycles. The van der Waals surface area contributed by atoms with Gasteiger partial charge in [0.15, 0.2) is 5.78 Å². The Morgan fingerprint density at radius 1 is 0.933 bits per heavy atom. The summed E-state index contributed by atoms with van der Waals surface area (Å²) in [6, 6.07) is 22.1. The van der Waals surface area contributed by atoms with Gasteiger partial charge in [0.1, 0.15) is 0 Å². The minimum atomic E-state index is -0.154.